The molecule has 1 atom stereocenters. The van der Waals surface area contributed by atoms with Gasteiger partial charge in [0.25, 0.3) is 0 Å². The van der Waals surface area contributed by atoms with E-state index >= 15 is 0 Å². The topological polar surface area (TPSA) is 12.0 Å². The minimum absolute atomic E-state index is 0.228. The van der Waals surface area contributed by atoms with Gasteiger partial charge < -0.3 is 5.32 Å². The van der Waals surface area contributed by atoms with Crippen molar-refractivity contribution >= 4 is 0 Å². The number of aryl methyl sites for hydroxylation is 1. The maximum atomic E-state index is 3.71. The third-order valence-corrected chi connectivity index (χ3v) is 3.71. The Bertz CT molecular complexity index is 335. The molecule has 1 aliphatic rings. The van der Waals surface area contributed by atoms with Crippen molar-refractivity contribution in [1.82, 2.24) is 5.32 Å². The number of hydrogen-bond acceptors (Lipinski definition) is 1. The van der Waals surface area contributed by atoms with Crippen LogP contribution >= 0.6 is 0 Å². The smallest absolute Gasteiger partial charge is 0.0458 e. The first-order valence-electron chi connectivity index (χ1n) is 5.97. The van der Waals surface area contributed by atoms with Crippen molar-refractivity contribution in [1.29, 1.82) is 0 Å². The second-order valence-corrected chi connectivity index (χ2v) is 5.03. The molecule has 1 heterocycles. The van der Waals surface area contributed by atoms with Crippen LogP contribution in [0.5, 0.6) is 0 Å². The lowest BCUT2D eigenvalue weighted by molar-refractivity contribution is 0.277. The summed E-state index contributed by atoms with van der Waals surface area (Å²) in [5.74, 6) is 0.654. The molecule has 82 valence electrons. The number of rotatable bonds is 2. The number of hydrogen-bond donors (Lipinski definition) is 1. The van der Waals surface area contributed by atoms with E-state index in [-0.39, 0.29) is 5.54 Å². The first-order valence-corrected chi connectivity index (χ1v) is 5.97. The summed E-state index contributed by atoms with van der Waals surface area (Å²) in [6.45, 7) is 7.97. The van der Waals surface area contributed by atoms with Crippen LogP contribution in [0, 0.1) is 12.8 Å². The summed E-state index contributed by atoms with van der Waals surface area (Å²) in [7, 11) is 0. The van der Waals surface area contributed by atoms with Crippen molar-refractivity contribution in [3.8, 4) is 0 Å². The summed E-state index contributed by atoms with van der Waals surface area (Å²) in [4.78, 5) is 0. The van der Waals surface area contributed by atoms with Crippen LogP contribution in [-0.2, 0) is 5.54 Å². The molecule has 0 saturated carbocycles. The van der Waals surface area contributed by atoms with Crippen molar-refractivity contribution in [3.05, 3.63) is 35.4 Å². The molecular weight excluding hydrogens is 182 g/mol. The second kappa shape index (κ2) is 3.97. The average molecular weight is 203 g/mol. The molecule has 0 aliphatic carbocycles. The summed E-state index contributed by atoms with van der Waals surface area (Å²) < 4.78 is 0. The van der Waals surface area contributed by atoms with Crippen LogP contribution in [0.15, 0.2) is 24.3 Å². The highest BCUT2D eigenvalue weighted by Gasteiger charge is 2.37. The van der Waals surface area contributed by atoms with Gasteiger partial charge in [-0.2, -0.15) is 0 Å². The summed E-state index contributed by atoms with van der Waals surface area (Å²) >= 11 is 0. The Morgan fingerprint density at radius 3 is 2.67 bits per heavy atom. The molecule has 1 nitrogen and oxygen atoms in total. The van der Waals surface area contributed by atoms with Gasteiger partial charge in [-0.25, -0.2) is 0 Å². The molecule has 1 heteroatoms. The quantitative estimate of drug-likeness (QED) is 0.778. The Labute approximate surface area is 92.9 Å². The lowest BCUT2D eigenvalue weighted by Gasteiger charge is -2.34. The zero-order valence-corrected chi connectivity index (χ0v) is 10.0. The highest BCUT2D eigenvalue weighted by atomic mass is 15.0. The van der Waals surface area contributed by atoms with Crippen LogP contribution in [0.4, 0.5) is 0 Å². The molecule has 1 aromatic rings. The lowest BCUT2D eigenvalue weighted by Crippen LogP contribution is -2.41. The maximum Gasteiger partial charge on any atom is 0.0458 e. The molecule has 0 aromatic heterocycles. The molecule has 1 unspecified atom stereocenters. The van der Waals surface area contributed by atoms with Crippen LogP contribution in [0.1, 0.15) is 37.8 Å². The van der Waals surface area contributed by atoms with Gasteiger partial charge in [0.05, 0.1) is 0 Å². The van der Waals surface area contributed by atoms with E-state index in [1.807, 2.05) is 0 Å². The van der Waals surface area contributed by atoms with Gasteiger partial charge in [-0.05, 0) is 37.8 Å². The van der Waals surface area contributed by atoms with Crippen molar-refractivity contribution in [2.45, 2.75) is 39.2 Å². The van der Waals surface area contributed by atoms with E-state index in [9.17, 15) is 0 Å². The van der Waals surface area contributed by atoms with E-state index in [4.69, 9.17) is 0 Å². The standard InChI is InChI=1S/C14H21N/c1-11(2)14(8-5-9-15-14)13-7-4-6-12(3)10-13/h4,6-7,10-11,15H,5,8-9H2,1-3H3. The molecule has 0 amide bonds. The highest BCUT2D eigenvalue weighted by Crippen LogP contribution is 2.37. The normalized spacial score (nSPS) is 26.1. The van der Waals surface area contributed by atoms with Crippen LogP contribution < -0.4 is 5.32 Å². The second-order valence-electron chi connectivity index (χ2n) is 5.03. The summed E-state index contributed by atoms with van der Waals surface area (Å²) in [5.41, 5.74) is 3.06. The Balaban J connectivity index is 2.41. The Morgan fingerprint density at radius 1 is 1.33 bits per heavy atom. The van der Waals surface area contributed by atoms with Gasteiger partial charge in [-0.15, -0.1) is 0 Å². The predicted molar refractivity (Wildman–Crippen MR) is 64.9 cm³/mol. The highest BCUT2D eigenvalue weighted by molar-refractivity contribution is 5.30. The zero-order chi connectivity index (χ0) is 10.9. The van der Waals surface area contributed by atoms with Crippen LogP contribution in [-0.4, -0.2) is 6.54 Å². The van der Waals surface area contributed by atoms with Crippen molar-refractivity contribution in [3.63, 3.8) is 0 Å². The van der Waals surface area contributed by atoms with Crippen molar-refractivity contribution in [2.24, 2.45) is 5.92 Å². The molecule has 0 radical (unpaired) electrons. The molecule has 1 saturated heterocycles. The molecule has 0 bridgehead atoms. The van der Waals surface area contributed by atoms with E-state index in [0.29, 0.717) is 5.92 Å². The number of benzene rings is 1. The third-order valence-electron chi connectivity index (χ3n) is 3.71. The average Bonchev–Trinajstić information content (AvgIpc) is 2.67. The first-order chi connectivity index (χ1) is 7.15. The molecule has 1 aromatic carbocycles. The van der Waals surface area contributed by atoms with E-state index < -0.39 is 0 Å². The molecule has 1 fully saturated rings. The van der Waals surface area contributed by atoms with Crippen LogP contribution in [0.2, 0.25) is 0 Å². The van der Waals surface area contributed by atoms with Gasteiger partial charge >= 0.3 is 0 Å². The van der Waals surface area contributed by atoms with Gasteiger partial charge in [0.2, 0.25) is 0 Å². The molecular formula is C14H21N. The first kappa shape index (κ1) is 10.7. The van der Waals surface area contributed by atoms with E-state index in [2.05, 4.69) is 50.4 Å². The Morgan fingerprint density at radius 2 is 2.13 bits per heavy atom. The fourth-order valence-electron chi connectivity index (χ4n) is 2.76. The van der Waals surface area contributed by atoms with E-state index in [1.165, 1.54) is 24.0 Å². The van der Waals surface area contributed by atoms with Gasteiger partial charge in [-0.3, -0.25) is 0 Å². The van der Waals surface area contributed by atoms with Crippen molar-refractivity contribution < 1.29 is 0 Å². The lowest BCUT2D eigenvalue weighted by atomic mass is 9.78. The van der Waals surface area contributed by atoms with Crippen LogP contribution in [0.25, 0.3) is 0 Å². The summed E-state index contributed by atoms with van der Waals surface area (Å²) in [6.07, 6.45) is 2.57. The fourth-order valence-corrected chi connectivity index (χ4v) is 2.76. The summed E-state index contributed by atoms with van der Waals surface area (Å²) in [5, 5.41) is 3.71. The third kappa shape index (κ3) is 1.81. The summed E-state index contributed by atoms with van der Waals surface area (Å²) in [6, 6.07) is 8.95. The molecule has 2 rings (SSSR count). The largest absolute Gasteiger partial charge is 0.307 e. The predicted octanol–water partition coefficient (Wildman–Crippen LogP) is 3.23. The van der Waals surface area contributed by atoms with Gasteiger partial charge in [0.15, 0.2) is 0 Å². The number of nitrogens with one attached hydrogen (secondary N) is 1. The monoisotopic (exact) mass is 203 g/mol. The van der Waals surface area contributed by atoms with Crippen molar-refractivity contribution in [2.75, 3.05) is 6.54 Å². The molecule has 15 heavy (non-hydrogen) atoms. The Kier molecular flexibility index (Phi) is 2.83. The fraction of sp³-hybridized carbons (Fsp3) is 0.571. The van der Waals surface area contributed by atoms with Gasteiger partial charge in [0.1, 0.15) is 0 Å². The van der Waals surface area contributed by atoms with Gasteiger partial charge in [-0.1, -0.05) is 43.7 Å². The minimum atomic E-state index is 0.228. The van der Waals surface area contributed by atoms with Gasteiger partial charge in [0, 0.05) is 5.54 Å². The van der Waals surface area contributed by atoms with E-state index in [0.717, 1.165) is 6.54 Å². The maximum absolute atomic E-state index is 3.71. The minimum Gasteiger partial charge on any atom is -0.307 e. The zero-order valence-electron chi connectivity index (χ0n) is 10.0. The Hall–Kier alpha value is -0.820. The molecule has 1 N–H and O–H groups in total. The molecule has 1 aliphatic heterocycles. The van der Waals surface area contributed by atoms with E-state index in [1.54, 1.807) is 0 Å². The van der Waals surface area contributed by atoms with Crippen LogP contribution in [0.3, 0.4) is 0 Å². The molecule has 0 spiro atoms. The SMILES string of the molecule is Cc1cccc(C2(C(C)C)CCCN2)c1.